The van der Waals surface area contributed by atoms with Gasteiger partial charge in [-0.2, -0.15) is 0 Å². The van der Waals surface area contributed by atoms with Gasteiger partial charge >= 0.3 is 0 Å². The molecule has 0 aliphatic carbocycles. The van der Waals surface area contributed by atoms with E-state index >= 15 is 0 Å². The molecule has 0 radical (unpaired) electrons. The van der Waals surface area contributed by atoms with Crippen LogP contribution in [0.1, 0.15) is 36.8 Å². The van der Waals surface area contributed by atoms with Crippen LogP contribution in [0.25, 0.3) is 0 Å². The van der Waals surface area contributed by atoms with Gasteiger partial charge in [0.2, 0.25) is 5.91 Å². The minimum atomic E-state index is 0.292. The number of guanidine groups is 1. The molecule has 2 fully saturated rings. The lowest BCUT2D eigenvalue weighted by molar-refractivity contribution is -0.131. The van der Waals surface area contributed by atoms with Crippen LogP contribution in [0.2, 0.25) is 0 Å². The Balaban J connectivity index is 1.43. The van der Waals surface area contributed by atoms with Crippen molar-refractivity contribution in [1.82, 2.24) is 20.0 Å². The number of piperazine rings is 1. The first-order chi connectivity index (χ1) is 13.6. The molecule has 0 aromatic heterocycles. The molecule has 0 bridgehead atoms. The second-order valence-corrected chi connectivity index (χ2v) is 8.09. The number of nitrogens with one attached hydrogen (secondary N) is 1. The second-order valence-electron chi connectivity index (χ2n) is 8.09. The van der Waals surface area contributed by atoms with Gasteiger partial charge in [0.15, 0.2) is 5.96 Å². The Kier molecular flexibility index (Phi) is 7.31. The van der Waals surface area contributed by atoms with E-state index in [0.717, 1.165) is 64.6 Å². The molecule has 2 heterocycles. The number of rotatable bonds is 5. The molecule has 2 aliphatic heterocycles. The molecule has 28 heavy (non-hydrogen) atoms. The molecule has 6 nitrogen and oxygen atoms in total. The minimum Gasteiger partial charge on any atom is -0.356 e. The van der Waals surface area contributed by atoms with E-state index < -0.39 is 0 Å². The van der Waals surface area contributed by atoms with Crippen molar-refractivity contribution >= 4 is 11.9 Å². The lowest BCUT2D eigenvalue weighted by Crippen LogP contribution is -2.54. The van der Waals surface area contributed by atoms with E-state index in [2.05, 4.69) is 58.2 Å². The third-order valence-corrected chi connectivity index (χ3v) is 5.91. The molecular formula is C22H35N5O. The van der Waals surface area contributed by atoms with Gasteiger partial charge in [0.1, 0.15) is 0 Å². The maximum absolute atomic E-state index is 12.4. The van der Waals surface area contributed by atoms with E-state index in [1.54, 1.807) is 0 Å². The number of hydrogen-bond donors (Lipinski definition) is 1. The summed E-state index contributed by atoms with van der Waals surface area (Å²) in [4.78, 5) is 23.4. The molecule has 2 aliphatic rings. The first kappa shape index (κ1) is 20.6. The van der Waals surface area contributed by atoms with Crippen LogP contribution >= 0.6 is 0 Å². The van der Waals surface area contributed by atoms with Gasteiger partial charge in [-0.15, -0.1) is 0 Å². The average molecular weight is 386 g/mol. The van der Waals surface area contributed by atoms with Crippen molar-refractivity contribution in [3.8, 4) is 0 Å². The summed E-state index contributed by atoms with van der Waals surface area (Å²) in [5.41, 5.74) is 2.64. The van der Waals surface area contributed by atoms with Crippen LogP contribution in [-0.4, -0.2) is 86.0 Å². The Bertz CT molecular complexity index is 658. The van der Waals surface area contributed by atoms with Crippen molar-refractivity contribution in [1.29, 1.82) is 0 Å². The van der Waals surface area contributed by atoms with Gasteiger partial charge in [-0.3, -0.25) is 14.7 Å². The molecule has 0 spiro atoms. The highest BCUT2D eigenvalue weighted by Gasteiger charge is 2.24. The number of nitrogens with zero attached hydrogens (tertiary/aromatic N) is 4. The number of carbonyl (C=O) groups is 1. The predicted octanol–water partition coefficient (Wildman–Crippen LogP) is 1.91. The zero-order valence-electron chi connectivity index (χ0n) is 17.7. The molecule has 6 heteroatoms. The number of hydrogen-bond acceptors (Lipinski definition) is 3. The topological polar surface area (TPSA) is 51.2 Å². The van der Waals surface area contributed by atoms with Gasteiger partial charge in [0.25, 0.3) is 0 Å². The molecule has 154 valence electrons. The van der Waals surface area contributed by atoms with Gasteiger partial charge in [-0.05, 0) is 31.2 Å². The van der Waals surface area contributed by atoms with E-state index in [4.69, 9.17) is 0 Å². The molecule has 1 unspecified atom stereocenters. The smallest absolute Gasteiger partial charge is 0.236 e. The first-order valence-corrected chi connectivity index (χ1v) is 10.6. The lowest BCUT2D eigenvalue weighted by atomic mass is 10.0. The normalized spacial score (nSPS) is 19.8. The standard InChI is InChI=1S/C22H35N5O/c1-18-6-8-20(9-7-18)19(2)16-24-22(23-3)27-14-12-25(13-15-27)17-21(28)26-10-4-5-11-26/h6-9,19H,4-5,10-17H2,1-3H3,(H,23,24). The molecule has 3 rings (SSSR count). The van der Waals surface area contributed by atoms with Gasteiger partial charge in [-0.1, -0.05) is 36.8 Å². The van der Waals surface area contributed by atoms with Gasteiger partial charge in [0, 0.05) is 52.9 Å². The van der Waals surface area contributed by atoms with E-state index in [1.807, 2.05) is 11.9 Å². The van der Waals surface area contributed by atoms with Crippen LogP contribution in [0.5, 0.6) is 0 Å². The summed E-state index contributed by atoms with van der Waals surface area (Å²) in [6.07, 6.45) is 2.31. The number of carbonyl (C=O) groups excluding carboxylic acids is 1. The Morgan fingerprint density at radius 1 is 1.04 bits per heavy atom. The molecule has 1 atom stereocenters. The summed E-state index contributed by atoms with van der Waals surface area (Å²) in [5, 5.41) is 3.53. The number of benzene rings is 1. The highest BCUT2D eigenvalue weighted by molar-refractivity contribution is 5.80. The summed E-state index contributed by atoms with van der Waals surface area (Å²) < 4.78 is 0. The van der Waals surface area contributed by atoms with Crippen molar-refractivity contribution in [2.24, 2.45) is 4.99 Å². The molecule has 0 saturated carbocycles. The van der Waals surface area contributed by atoms with Crippen LogP contribution in [0, 0.1) is 6.92 Å². The van der Waals surface area contributed by atoms with E-state index in [0.29, 0.717) is 18.4 Å². The highest BCUT2D eigenvalue weighted by Crippen LogP contribution is 2.15. The largest absolute Gasteiger partial charge is 0.356 e. The van der Waals surface area contributed by atoms with Crippen LogP contribution in [-0.2, 0) is 4.79 Å². The second kappa shape index (κ2) is 9.92. The lowest BCUT2D eigenvalue weighted by Gasteiger charge is -2.37. The van der Waals surface area contributed by atoms with Crippen LogP contribution in [0.4, 0.5) is 0 Å². The summed E-state index contributed by atoms with van der Waals surface area (Å²) in [5.74, 6) is 1.68. The van der Waals surface area contributed by atoms with Crippen molar-refractivity contribution < 1.29 is 4.79 Å². The number of amides is 1. The molecule has 1 amide bonds. The van der Waals surface area contributed by atoms with E-state index in [1.165, 1.54) is 11.1 Å². The Morgan fingerprint density at radius 3 is 2.29 bits per heavy atom. The zero-order chi connectivity index (χ0) is 19.9. The Morgan fingerprint density at radius 2 is 1.68 bits per heavy atom. The third kappa shape index (κ3) is 5.47. The maximum atomic E-state index is 12.4. The number of aryl methyl sites for hydroxylation is 1. The first-order valence-electron chi connectivity index (χ1n) is 10.6. The van der Waals surface area contributed by atoms with Gasteiger partial charge in [0.05, 0.1) is 6.54 Å². The quantitative estimate of drug-likeness (QED) is 0.621. The van der Waals surface area contributed by atoms with Crippen molar-refractivity contribution in [2.45, 2.75) is 32.6 Å². The fraction of sp³-hybridized carbons (Fsp3) is 0.636. The number of likely N-dealkylation sites (tertiary alicyclic amines) is 1. The summed E-state index contributed by atoms with van der Waals surface area (Å²) in [6, 6.07) is 8.76. The zero-order valence-corrected chi connectivity index (χ0v) is 17.7. The maximum Gasteiger partial charge on any atom is 0.236 e. The van der Waals surface area contributed by atoms with Crippen molar-refractivity contribution in [2.75, 3.05) is 59.4 Å². The minimum absolute atomic E-state index is 0.292. The van der Waals surface area contributed by atoms with Crippen LogP contribution in [0.15, 0.2) is 29.3 Å². The molecule has 1 aromatic rings. The van der Waals surface area contributed by atoms with Crippen molar-refractivity contribution in [3.63, 3.8) is 0 Å². The summed E-state index contributed by atoms with van der Waals surface area (Å²) in [6.45, 7) is 11.3. The van der Waals surface area contributed by atoms with Crippen molar-refractivity contribution in [3.05, 3.63) is 35.4 Å². The summed E-state index contributed by atoms with van der Waals surface area (Å²) >= 11 is 0. The average Bonchev–Trinajstić information content (AvgIpc) is 3.25. The molecular weight excluding hydrogens is 350 g/mol. The SMILES string of the molecule is CN=C(NCC(C)c1ccc(C)cc1)N1CCN(CC(=O)N2CCCC2)CC1. The molecule has 2 saturated heterocycles. The molecule has 1 aromatic carbocycles. The number of aliphatic imine (C=N–C) groups is 1. The van der Waals surface area contributed by atoms with Gasteiger partial charge < -0.3 is 15.1 Å². The van der Waals surface area contributed by atoms with Crippen LogP contribution < -0.4 is 5.32 Å². The molecule has 1 N–H and O–H groups in total. The highest BCUT2D eigenvalue weighted by atomic mass is 16.2. The Hall–Kier alpha value is -2.08. The predicted molar refractivity (Wildman–Crippen MR) is 115 cm³/mol. The fourth-order valence-electron chi connectivity index (χ4n) is 3.97. The fourth-order valence-corrected chi connectivity index (χ4v) is 3.97. The van der Waals surface area contributed by atoms with E-state index in [-0.39, 0.29) is 0 Å². The van der Waals surface area contributed by atoms with E-state index in [9.17, 15) is 4.79 Å². The summed E-state index contributed by atoms with van der Waals surface area (Å²) in [7, 11) is 1.85. The third-order valence-electron chi connectivity index (χ3n) is 5.91. The van der Waals surface area contributed by atoms with Crippen LogP contribution in [0.3, 0.4) is 0 Å². The Labute approximate surface area is 169 Å². The monoisotopic (exact) mass is 385 g/mol. The van der Waals surface area contributed by atoms with Gasteiger partial charge in [-0.25, -0.2) is 0 Å².